The predicted octanol–water partition coefficient (Wildman–Crippen LogP) is 0.0783. The number of hydrogen-bond acceptors (Lipinski definition) is 4. The van der Waals surface area contributed by atoms with E-state index in [1.54, 1.807) is 6.92 Å². The van der Waals surface area contributed by atoms with Crippen molar-refractivity contribution in [2.75, 3.05) is 18.8 Å². The van der Waals surface area contributed by atoms with Crippen molar-refractivity contribution in [1.29, 1.82) is 0 Å². The van der Waals surface area contributed by atoms with Crippen molar-refractivity contribution in [3.63, 3.8) is 0 Å². The van der Waals surface area contributed by atoms with Crippen LogP contribution in [-0.4, -0.2) is 43.4 Å². The van der Waals surface area contributed by atoms with E-state index in [2.05, 4.69) is 5.32 Å². The van der Waals surface area contributed by atoms with Crippen LogP contribution < -0.4 is 5.32 Å². The van der Waals surface area contributed by atoms with E-state index >= 15 is 0 Å². The molecule has 0 aliphatic carbocycles. The molecule has 1 aliphatic rings. The van der Waals surface area contributed by atoms with Gasteiger partial charge in [-0.1, -0.05) is 37.3 Å². The van der Waals surface area contributed by atoms with Crippen LogP contribution in [0.5, 0.6) is 0 Å². The van der Waals surface area contributed by atoms with Crippen LogP contribution >= 0.6 is 0 Å². The van der Waals surface area contributed by atoms with E-state index in [1.807, 2.05) is 30.3 Å². The van der Waals surface area contributed by atoms with Gasteiger partial charge < -0.3 is 0 Å². The number of benzene rings is 1. The molecule has 1 aliphatic heterocycles. The standard InChI is InChI=1S/C13H16N2O4S/c1-10(11-5-3-2-4-6-11)9-20(18,19)15-7-12(16)14-13(17)8-15/h2-6,10H,7-9H2,1H3,(H,14,16,17). The quantitative estimate of drug-likeness (QED) is 0.798. The van der Waals surface area contributed by atoms with Crippen LogP contribution in [0.2, 0.25) is 0 Å². The summed E-state index contributed by atoms with van der Waals surface area (Å²) in [6, 6.07) is 9.26. The summed E-state index contributed by atoms with van der Waals surface area (Å²) in [4.78, 5) is 22.5. The second-order valence-electron chi connectivity index (χ2n) is 4.83. The number of rotatable bonds is 4. The van der Waals surface area contributed by atoms with Crippen LogP contribution in [0.1, 0.15) is 18.4 Å². The fourth-order valence-corrected chi connectivity index (χ4v) is 3.77. The molecule has 0 bridgehead atoms. The van der Waals surface area contributed by atoms with Crippen LogP contribution in [0.25, 0.3) is 0 Å². The molecule has 1 saturated heterocycles. The van der Waals surface area contributed by atoms with Crippen LogP contribution in [-0.2, 0) is 19.6 Å². The van der Waals surface area contributed by atoms with Crippen molar-refractivity contribution in [2.45, 2.75) is 12.8 Å². The number of carbonyl (C=O) groups is 2. The van der Waals surface area contributed by atoms with Crippen LogP contribution in [0.4, 0.5) is 0 Å². The van der Waals surface area contributed by atoms with Crippen molar-refractivity contribution in [3.05, 3.63) is 35.9 Å². The summed E-state index contributed by atoms with van der Waals surface area (Å²) >= 11 is 0. The third-order valence-electron chi connectivity index (χ3n) is 3.14. The molecule has 2 rings (SSSR count). The van der Waals surface area contributed by atoms with E-state index in [9.17, 15) is 18.0 Å². The lowest BCUT2D eigenvalue weighted by Gasteiger charge is -2.26. The lowest BCUT2D eigenvalue weighted by atomic mass is 10.0. The Labute approximate surface area is 117 Å². The number of hydrogen-bond donors (Lipinski definition) is 1. The zero-order valence-corrected chi connectivity index (χ0v) is 11.9. The molecule has 0 spiro atoms. The van der Waals surface area contributed by atoms with Gasteiger partial charge in [-0.15, -0.1) is 0 Å². The maximum atomic E-state index is 12.3. The zero-order valence-electron chi connectivity index (χ0n) is 11.1. The molecular weight excluding hydrogens is 280 g/mol. The SMILES string of the molecule is CC(CS(=O)(=O)N1CC(=O)NC(=O)C1)c1ccccc1. The monoisotopic (exact) mass is 296 g/mol. The zero-order chi connectivity index (χ0) is 14.8. The number of imide groups is 1. The van der Waals surface area contributed by atoms with Gasteiger partial charge in [0.05, 0.1) is 18.8 Å². The molecular formula is C13H16N2O4S. The highest BCUT2D eigenvalue weighted by atomic mass is 32.2. The Kier molecular flexibility index (Phi) is 4.20. The first-order valence-corrected chi connectivity index (χ1v) is 7.85. The molecule has 1 unspecified atom stereocenters. The van der Waals surface area contributed by atoms with E-state index in [0.717, 1.165) is 9.87 Å². The first-order chi connectivity index (χ1) is 9.38. The summed E-state index contributed by atoms with van der Waals surface area (Å²) in [6.45, 7) is 1.21. The number of amides is 2. The average molecular weight is 296 g/mol. The molecule has 1 fully saturated rings. The Morgan fingerprint density at radius 1 is 1.15 bits per heavy atom. The van der Waals surface area contributed by atoms with Crippen molar-refractivity contribution in [1.82, 2.24) is 9.62 Å². The summed E-state index contributed by atoms with van der Waals surface area (Å²) < 4.78 is 25.4. The highest BCUT2D eigenvalue weighted by Gasteiger charge is 2.32. The lowest BCUT2D eigenvalue weighted by Crippen LogP contribution is -2.53. The predicted molar refractivity (Wildman–Crippen MR) is 73.4 cm³/mol. The van der Waals surface area contributed by atoms with Gasteiger partial charge in [0.25, 0.3) is 0 Å². The number of carbonyl (C=O) groups excluding carboxylic acids is 2. The Morgan fingerprint density at radius 2 is 1.70 bits per heavy atom. The highest BCUT2D eigenvalue weighted by Crippen LogP contribution is 2.19. The molecule has 0 radical (unpaired) electrons. The second-order valence-corrected chi connectivity index (χ2v) is 6.84. The summed E-state index contributed by atoms with van der Waals surface area (Å²) in [5, 5.41) is 2.08. The Bertz CT molecular complexity index is 597. The summed E-state index contributed by atoms with van der Waals surface area (Å²) in [7, 11) is -3.64. The Hall–Kier alpha value is -1.73. The van der Waals surface area contributed by atoms with Gasteiger partial charge >= 0.3 is 0 Å². The molecule has 6 nitrogen and oxygen atoms in total. The number of nitrogens with zero attached hydrogens (tertiary/aromatic N) is 1. The molecule has 0 saturated carbocycles. The summed E-state index contributed by atoms with van der Waals surface area (Å²) in [5.41, 5.74) is 0.906. The van der Waals surface area contributed by atoms with E-state index in [4.69, 9.17) is 0 Å². The van der Waals surface area contributed by atoms with E-state index in [1.165, 1.54) is 0 Å². The van der Waals surface area contributed by atoms with Gasteiger partial charge in [0.1, 0.15) is 0 Å². The molecule has 1 N–H and O–H groups in total. The Balaban J connectivity index is 2.11. The first kappa shape index (κ1) is 14.7. The third kappa shape index (κ3) is 3.43. The molecule has 20 heavy (non-hydrogen) atoms. The second kappa shape index (κ2) is 5.72. The molecule has 108 valence electrons. The highest BCUT2D eigenvalue weighted by molar-refractivity contribution is 7.89. The van der Waals surface area contributed by atoms with Gasteiger partial charge in [0.2, 0.25) is 21.8 Å². The Morgan fingerprint density at radius 3 is 2.25 bits per heavy atom. The van der Waals surface area contributed by atoms with Gasteiger partial charge in [-0.25, -0.2) is 8.42 Å². The molecule has 0 aromatic heterocycles. The van der Waals surface area contributed by atoms with Crippen LogP contribution in [0.3, 0.4) is 0 Å². The van der Waals surface area contributed by atoms with Crippen molar-refractivity contribution in [2.24, 2.45) is 0 Å². The average Bonchev–Trinajstić information content (AvgIpc) is 2.38. The van der Waals surface area contributed by atoms with Gasteiger partial charge in [0.15, 0.2) is 0 Å². The molecule has 1 heterocycles. The molecule has 1 atom stereocenters. The van der Waals surface area contributed by atoms with E-state index in [-0.39, 0.29) is 24.8 Å². The molecule has 1 aromatic rings. The fourth-order valence-electron chi connectivity index (χ4n) is 2.11. The molecule has 7 heteroatoms. The largest absolute Gasteiger partial charge is 0.294 e. The number of nitrogens with one attached hydrogen (secondary N) is 1. The maximum Gasteiger partial charge on any atom is 0.241 e. The summed E-state index contributed by atoms with van der Waals surface area (Å²) in [5.74, 6) is -1.51. The first-order valence-electron chi connectivity index (χ1n) is 6.24. The fraction of sp³-hybridized carbons (Fsp3) is 0.385. The lowest BCUT2D eigenvalue weighted by molar-refractivity contribution is -0.134. The van der Waals surface area contributed by atoms with Gasteiger partial charge in [-0.3, -0.25) is 14.9 Å². The van der Waals surface area contributed by atoms with Crippen molar-refractivity contribution >= 4 is 21.8 Å². The minimum Gasteiger partial charge on any atom is -0.294 e. The molecule has 1 aromatic carbocycles. The third-order valence-corrected chi connectivity index (χ3v) is 5.11. The number of piperazine rings is 1. The summed E-state index contributed by atoms with van der Waals surface area (Å²) in [6.07, 6.45) is 0. The molecule has 2 amide bonds. The maximum absolute atomic E-state index is 12.3. The topological polar surface area (TPSA) is 83.6 Å². The smallest absolute Gasteiger partial charge is 0.241 e. The van der Waals surface area contributed by atoms with Gasteiger partial charge in [-0.05, 0) is 11.5 Å². The van der Waals surface area contributed by atoms with Gasteiger partial charge in [-0.2, -0.15) is 4.31 Å². The van der Waals surface area contributed by atoms with Gasteiger partial charge in [0, 0.05) is 0 Å². The normalized spacial score (nSPS) is 18.6. The van der Waals surface area contributed by atoms with Crippen LogP contribution in [0, 0.1) is 0 Å². The van der Waals surface area contributed by atoms with Crippen molar-refractivity contribution < 1.29 is 18.0 Å². The minimum atomic E-state index is -3.64. The minimum absolute atomic E-state index is 0.127. The van der Waals surface area contributed by atoms with E-state index < -0.39 is 21.8 Å². The van der Waals surface area contributed by atoms with Crippen molar-refractivity contribution in [3.8, 4) is 0 Å². The van der Waals surface area contributed by atoms with E-state index in [0.29, 0.717) is 0 Å². The number of sulfonamides is 1. The van der Waals surface area contributed by atoms with Crippen LogP contribution in [0.15, 0.2) is 30.3 Å².